The van der Waals surface area contributed by atoms with Gasteiger partial charge < -0.3 is 4.67 Å². The molecule has 1 nitrogen and oxygen atoms in total. The molecule has 41 heavy (non-hydrogen) atoms. The van der Waals surface area contributed by atoms with E-state index in [1.807, 2.05) is 0 Å². The molecule has 0 aromatic heterocycles. The Morgan fingerprint density at radius 1 is 0.488 bits per heavy atom. The number of rotatable bonds is 4. The molecule has 0 amide bonds. The topological polar surface area (TPSA) is 3.24 Å². The number of benzene rings is 6. The van der Waals surface area contributed by atoms with Crippen LogP contribution in [-0.2, 0) is 5.41 Å². The summed E-state index contributed by atoms with van der Waals surface area (Å²) in [4.78, 5) is 0. The van der Waals surface area contributed by atoms with Crippen LogP contribution in [0.3, 0.4) is 0 Å². The van der Waals surface area contributed by atoms with Gasteiger partial charge >= 0.3 is 0 Å². The summed E-state index contributed by atoms with van der Waals surface area (Å²) >= 11 is 0. The van der Waals surface area contributed by atoms with Gasteiger partial charge in [0.25, 0.3) is 0 Å². The van der Waals surface area contributed by atoms with Gasteiger partial charge in [-0.25, -0.2) is 0 Å². The Balaban J connectivity index is 1.38. The Bertz CT molecular complexity index is 1880. The molecule has 0 heterocycles. The largest absolute Gasteiger partial charge is 0.316 e. The van der Waals surface area contributed by atoms with Crippen LogP contribution in [0.25, 0.3) is 22.3 Å². The average molecular weight is 544 g/mol. The van der Waals surface area contributed by atoms with E-state index >= 15 is 0 Å². The molecule has 8 rings (SSSR count). The van der Waals surface area contributed by atoms with Crippen LogP contribution in [0.4, 0.5) is 11.4 Å². The molecule has 0 radical (unpaired) electrons. The Labute approximate surface area is 243 Å². The van der Waals surface area contributed by atoms with Gasteiger partial charge in [-0.1, -0.05) is 121 Å². The Morgan fingerprint density at radius 3 is 1.56 bits per heavy atom. The lowest BCUT2D eigenvalue weighted by atomic mass is 9.70. The second-order valence-electron chi connectivity index (χ2n) is 11.1. The summed E-state index contributed by atoms with van der Waals surface area (Å²) in [5.41, 5.74) is 14.4. The van der Waals surface area contributed by atoms with Crippen LogP contribution < -0.4 is 9.97 Å². The van der Waals surface area contributed by atoms with Crippen molar-refractivity contribution in [3.63, 3.8) is 0 Å². The first-order valence-corrected chi connectivity index (χ1v) is 16.0. The fraction of sp³-hybridized carbons (Fsp3) is 0.0769. The summed E-state index contributed by atoms with van der Waals surface area (Å²) in [5.74, 6) is 0. The van der Waals surface area contributed by atoms with Crippen molar-refractivity contribution in [3.05, 3.63) is 173 Å². The number of aryl methyl sites for hydroxylation is 1. The van der Waals surface area contributed by atoms with Crippen LogP contribution in [-0.4, -0.2) is 6.66 Å². The SMILES string of the molecule is Cc1ccccc1N(c1ccccc1)P(C)c1ccc2c(c1)C1(c3ccccc3-c3ccccc31)c1ccccc1-2. The number of fused-ring (bicyclic) bond motifs is 10. The molecule has 0 bridgehead atoms. The predicted octanol–water partition coefficient (Wildman–Crippen LogP) is 9.83. The van der Waals surface area contributed by atoms with Gasteiger partial charge in [-0.15, -0.1) is 0 Å². The monoisotopic (exact) mass is 543 g/mol. The van der Waals surface area contributed by atoms with Gasteiger partial charge in [0.05, 0.1) is 5.41 Å². The quantitative estimate of drug-likeness (QED) is 0.200. The normalized spacial score (nSPS) is 14.2. The van der Waals surface area contributed by atoms with Gasteiger partial charge in [-0.05, 0) is 93.2 Å². The summed E-state index contributed by atoms with van der Waals surface area (Å²) < 4.78 is 2.55. The molecule has 196 valence electrons. The fourth-order valence-electron chi connectivity index (χ4n) is 7.24. The first-order valence-electron chi connectivity index (χ1n) is 14.3. The molecule has 2 heteroatoms. The number of hydrogen-bond donors (Lipinski definition) is 0. The van der Waals surface area contributed by atoms with E-state index in [0.717, 1.165) is 0 Å². The first-order chi connectivity index (χ1) is 20.2. The molecule has 2 aliphatic carbocycles. The van der Waals surface area contributed by atoms with E-state index in [1.165, 1.54) is 66.8 Å². The van der Waals surface area contributed by atoms with Crippen molar-refractivity contribution in [3.8, 4) is 22.3 Å². The third-order valence-electron chi connectivity index (χ3n) is 9.00. The molecule has 0 fully saturated rings. The Kier molecular flexibility index (Phi) is 5.52. The lowest BCUT2D eigenvalue weighted by Gasteiger charge is -2.34. The fourth-order valence-corrected chi connectivity index (χ4v) is 9.11. The highest BCUT2D eigenvalue weighted by Gasteiger charge is 2.51. The molecule has 1 spiro atoms. The average Bonchev–Trinajstić information content (AvgIpc) is 3.50. The molecule has 6 aromatic rings. The molecule has 0 saturated carbocycles. The van der Waals surface area contributed by atoms with Crippen molar-refractivity contribution >= 4 is 24.8 Å². The molecular formula is C39H30NP. The standard InChI is InChI=1S/C39H30NP/c1-27-14-6-13-23-38(27)40(28-15-4-3-5-16-28)41(2)29-24-25-33-32-19-9-12-22-36(32)39(37(33)26-29)34-20-10-7-17-30(34)31-18-8-11-21-35(31)39/h3-26H,1-2H3. The maximum Gasteiger partial charge on any atom is 0.0725 e. The van der Waals surface area contributed by atoms with Crippen molar-refractivity contribution in [2.24, 2.45) is 0 Å². The summed E-state index contributed by atoms with van der Waals surface area (Å²) in [6.45, 7) is 4.62. The molecule has 0 aliphatic heterocycles. The van der Waals surface area contributed by atoms with Gasteiger partial charge in [-0.2, -0.15) is 0 Å². The highest BCUT2D eigenvalue weighted by Crippen LogP contribution is 2.63. The zero-order valence-electron chi connectivity index (χ0n) is 23.3. The summed E-state index contributed by atoms with van der Waals surface area (Å²) in [6, 6.07) is 54.1. The van der Waals surface area contributed by atoms with Crippen LogP contribution in [0.5, 0.6) is 0 Å². The molecule has 2 aliphatic rings. The lowest BCUT2D eigenvalue weighted by Crippen LogP contribution is -2.27. The Morgan fingerprint density at radius 2 is 0.976 bits per heavy atom. The van der Waals surface area contributed by atoms with E-state index in [4.69, 9.17) is 0 Å². The smallest absolute Gasteiger partial charge is 0.0725 e. The molecule has 1 unspecified atom stereocenters. The summed E-state index contributed by atoms with van der Waals surface area (Å²) in [7, 11) is -0.723. The predicted molar refractivity (Wildman–Crippen MR) is 175 cm³/mol. The zero-order valence-corrected chi connectivity index (χ0v) is 24.1. The number of anilines is 2. The zero-order chi connectivity index (χ0) is 27.6. The highest BCUT2D eigenvalue weighted by molar-refractivity contribution is 7.66. The minimum absolute atomic E-state index is 0.314. The number of nitrogens with zero attached hydrogens (tertiary/aromatic N) is 1. The second kappa shape index (κ2) is 9.30. The number of para-hydroxylation sites is 2. The number of hydrogen-bond acceptors (Lipinski definition) is 1. The molecule has 0 N–H and O–H groups in total. The first kappa shape index (κ1) is 24.4. The van der Waals surface area contributed by atoms with Gasteiger partial charge in [0.2, 0.25) is 0 Å². The van der Waals surface area contributed by atoms with E-state index < -0.39 is 8.07 Å². The van der Waals surface area contributed by atoms with Crippen molar-refractivity contribution in [1.82, 2.24) is 0 Å². The summed E-state index contributed by atoms with van der Waals surface area (Å²) in [6.07, 6.45) is 0. The van der Waals surface area contributed by atoms with Gasteiger partial charge in [0.15, 0.2) is 0 Å². The minimum Gasteiger partial charge on any atom is -0.316 e. The maximum absolute atomic E-state index is 2.55. The molecular weight excluding hydrogens is 513 g/mol. The van der Waals surface area contributed by atoms with Crippen LogP contribution in [0.1, 0.15) is 27.8 Å². The van der Waals surface area contributed by atoms with Gasteiger partial charge in [-0.3, -0.25) is 0 Å². The van der Waals surface area contributed by atoms with Crippen molar-refractivity contribution in [1.29, 1.82) is 0 Å². The van der Waals surface area contributed by atoms with Crippen LogP contribution in [0.2, 0.25) is 0 Å². The van der Waals surface area contributed by atoms with Crippen molar-refractivity contribution in [2.45, 2.75) is 12.3 Å². The molecule has 1 atom stereocenters. The van der Waals surface area contributed by atoms with Crippen LogP contribution in [0, 0.1) is 6.92 Å². The van der Waals surface area contributed by atoms with Gasteiger partial charge in [0, 0.05) is 19.4 Å². The lowest BCUT2D eigenvalue weighted by molar-refractivity contribution is 0.794. The van der Waals surface area contributed by atoms with Crippen LogP contribution >= 0.6 is 8.07 Å². The van der Waals surface area contributed by atoms with Crippen molar-refractivity contribution in [2.75, 3.05) is 11.3 Å². The Hall–Kier alpha value is -4.45. The minimum atomic E-state index is -0.723. The maximum atomic E-state index is 2.55. The van der Waals surface area contributed by atoms with E-state index in [2.05, 4.69) is 164 Å². The van der Waals surface area contributed by atoms with E-state index in [-0.39, 0.29) is 5.41 Å². The van der Waals surface area contributed by atoms with Gasteiger partial charge in [0.1, 0.15) is 0 Å². The van der Waals surface area contributed by atoms with Crippen molar-refractivity contribution < 1.29 is 0 Å². The summed E-state index contributed by atoms with van der Waals surface area (Å²) in [5, 5.41) is 1.37. The second-order valence-corrected chi connectivity index (χ2v) is 13.0. The molecule has 0 saturated heterocycles. The highest BCUT2D eigenvalue weighted by atomic mass is 31.1. The van der Waals surface area contributed by atoms with E-state index in [0.29, 0.717) is 0 Å². The molecule has 6 aromatic carbocycles. The third-order valence-corrected chi connectivity index (χ3v) is 11.1. The van der Waals surface area contributed by atoms with E-state index in [1.54, 1.807) is 0 Å². The van der Waals surface area contributed by atoms with Crippen LogP contribution in [0.15, 0.2) is 146 Å². The third kappa shape index (κ3) is 3.40. The van der Waals surface area contributed by atoms with E-state index in [9.17, 15) is 0 Å².